The van der Waals surface area contributed by atoms with Crippen molar-refractivity contribution in [2.75, 3.05) is 39.9 Å². The van der Waals surface area contributed by atoms with Crippen molar-refractivity contribution < 1.29 is 13.9 Å². The monoisotopic (exact) mass is 337 g/mol. The highest BCUT2D eigenvalue weighted by atomic mass is 16.5. The molecule has 1 aliphatic heterocycles. The fourth-order valence-electron chi connectivity index (χ4n) is 3.07. The van der Waals surface area contributed by atoms with Gasteiger partial charge in [0.05, 0.1) is 25.5 Å². The van der Waals surface area contributed by atoms with Crippen LogP contribution in [0, 0.1) is 5.92 Å². The summed E-state index contributed by atoms with van der Waals surface area (Å²) in [5.74, 6) is 1.38. The molecular formula is C18H31N3O3. The Kier molecular flexibility index (Phi) is 7.12. The first-order chi connectivity index (χ1) is 11.5. The average molecular weight is 337 g/mol. The van der Waals surface area contributed by atoms with Gasteiger partial charge in [0.1, 0.15) is 5.76 Å². The first kappa shape index (κ1) is 18.8. The van der Waals surface area contributed by atoms with Gasteiger partial charge in [0.15, 0.2) is 0 Å². The molecule has 0 radical (unpaired) electrons. The lowest BCUT2D eigenvalue weighted by atomic mass is 10.0. The lowest BCUT2D eigenvalue weighted by molar-refractivity contribution is 0.0126. The number of nitrogens with one attached hydrogen (secondary N) is 1. The van der Waals surface area contributed by atoms with Gasteiger partial charge in [-0.15, -0.1) is 0 Å². The molecule has 0 bridgehead atoms. The summed E-state index contributed by atoms with van der Waals surface area (Å²) in [6.45, 7) is 10.5. The van der Waals surface area contributed by atoms with E-state index in [0.29, 0.717) is 18.5 Å². The molecule has 0 aliphatic carbocycles. The standard InChI is InChI=1S/C18H31N3O3/c1-14(2)12-16(21-7-10-23-11-8-21)13-19-18(22)20(4)15(3)17-6-5-9-24-17/h5-6,9,14-16H,7-8,10-13H2,1-4H3,(H,19,22). The van der Waals surface area contributed by atoms with Crippen LogP contribution in [0.4, 0.5) is 4.79 Å². The summed E-state index contributed by atoms with van der Waals surface area (Å²) in [6.07, 6.45) is 2.70. The molecule has 0 saturated carbocycles. The summed E-state index contributed by atoms with van der Waals surface area (Å²) in [4.78, 5) is 16.6. The SMILES string of the molecule is CC(C)CC(CNC(=O)N(C)C(C)c1ccco1)N1CCOCC1. The summed E-state index contributed by atoms with van der Waals surface area (Å²) in [6, 6.07) is 3.93. The van der Waals surface area contributed by atoms with Crippen molar-refractivity contribution in [3.63, 3.8) is 0 Å². The molecule has 1 aromatic heterocycles. The summed E-state index contributed by atoms with van der Waals surface area (Å²) in [5, 5.41) is 3.09. The van der Waals surface area contributed by atoms with Gasteiger partial charge in [-0.05, 0) is 31.4 Å². The molecule has 136 valence electrons. The number of carbonyl (C=O) groups is 1. The number of rotatable bonds is 7. The molecule has 2 heterocycles. The van der Waals surface area contributed by atoms with Gasteiger partial charge in [-0.2, -0.15) is 0 Å². The molecule has 24 heavy (non-hydrogen) atoms. The molecule has 1 saturated heterocycles. The summed E-state index contributed by atoms with van der Waals surface area (Å²) >= 11 is 0. The number of carbonyl (C=O) groups excluding carboxylic acids is 1. The number of nitrogens with zero attached hydrogens (tertiary/aromatic N) is 2. The maximum absolute atomic E-state index is 12.5. The predicted molar refractivity (Wildman–Crippen MR) is 93.9 cm³/mol. The zero-order valence-corrected chi connectivity index (χ0v) is 15.3. The highest BCUT2D eigenvalue weighted by Crippen LogP contribution is 2.19. The Bertz CT molecular complexity index is 484. The molecule has 1 aromatic rings. The van der Waals surface area contributed by atoms with Crippen LogP contribution in [0.15, 0.2) is 22.8 Å². The maximum Gasteiger partial charge on any atom is 0.317 e. The van der Waals surface area contributed by atoms with Crippen molar-refractivity contribution >= 4 is 6.03 Å². The van der Waals surface area contributed by atoms with Crippen LogP contribution in [-0.2, 0) is 4.74 Å². The van der Waals surface area contributed by atoms with Crippen LogP contribution in [0.2, 0.25) is 0 Å². The molecule has 0 aromatic carbocycles. The Balaban J connectivity index is 1.88. The largest absolute Gasteiger partial charge is 0.467 e. The second-order valence-electron chi connectivity index (χ2n) is 6.92. The van der Waals surface area contributed by atoms with E-state index in [1.54, 1.807) is 18.2 Å². The first-order valence-electron chi connectivity index (χ1n) is 8.85. The quantitative estimate of drug-likeness (QED) is 0.831. The van der Waals surface area contributed by atoms with E-state index in [9.17, 15) is 4.79 Å². The molecular weight excluding hydrogens is 306 g/mol. The Labute approximate surface area is 145 Å². The second kappa shape index (κ2) is 9.08. The number of amides is 2. The third-order valence-corrected chi connectivity index (χ3v) is 4.65. The van der Waals surface area contributed by atoms with E-state index >= 15 is 0 Å². The molecule has 2 amide bonds. The summed E-state index contributed by atoms with van der Waals surface area (Å²) in [5.41, 5.74) is 0. The van der Waals surface area contributed by atoms with E-state index in [1.807, 2.05) is 19.1 Å². The van der Waals surface area contributed by atoms with Gasteiger partial charge in [0.25, 0.3) is 0 Å². The maximum atomic E-state index is 12.5. The summed E-state index contributed by atoms with van der Waals surface area (Å²) < 4.78 is 10.8. The molecule has 1 N–H and O–H groups in total. The zero-order chi connectivity index (χ0) is 17.5. The van der Waals surface area contributed by atoms with E-state index < -0.39 is 0 Å². The lowest BCUT2D eigenvalue weighted by Crippen LogP contribution is -2.51. The molecule has 2 atom stereocenters. The smallest absolute Gasteiger partial charge is 0.317 e. The van der Waals surface area contributed by atoms with Crippen molar-refractivity contribution in [2.24, 2.45) is 5.92 Å². The van der Waals surface area contributed by atoms with Crippen LogP contribution >= 0.6 is 0 Å². The number of furan rings is 1. The van der Waals surface area contributed by atoms with Gasteiger partial charge in [-0.25, -0.2) is 4.79 Å². The first-order valence-corrected chi connectivity index (χ1v) is 8.85. The summed E-state index contributed by atoms with van der Waals surface area (Å²) in [7, 11) is 1.80. The minimum Gasteiger partial charge on any atom is -0.467 e. The second-order valence-corrected chi connectivity index (χ2v) is 6.92. The van der Waals surface area contributed by atoms with Crippen LogP contribution < -0.4 is 5.32 Å². The zero-order valence-electron chi connectivity index (χ0n) is 15.3. The van der Waals surface area contributed by atoms with Crippen molar-refractivity contribution in [3.8, 4) is 0 Å². The number of ether oxygens (including phenoxy) is 1. The third kappa shape index (κ3) is 5.24. The van der Waals surface area contributed by atoms with Crippen LogP contribution in [0.3, 0.4) is 0 Å². The fraction of sp³-hybridized carbons (Fsp3) is 0.722. The highest BCUT2D eigenvalue weighted by Gasteiger charge is 2.24. The van der Waals surface area contributed by atoms with E-state index in [-0.39, 0.29) is 12.1 Å². The molecule has 2 unspecified atom stereocenters. The molecule has 1 aliphatic rings. The minimum absolute atomic E-state index is 0.0686. The van der Waals surface area contributed by atoms with Gasteiger partial charge in [-0.1, -0.05) is 13.8 Å². The molecule has 6 heteroatoms. The number of hydrogen-bond donors (Lipinski definition) is 1. The fourth-order valence-corrected chi connectivity index (χ4v) is 3.07. The van der Waals surface area contributed by atoms with Gasteiger partial charge in [0, 0.05) is 32.7 Å². The Morgan fingerprint density at radius 1 is 1.33 bits per heavy atom. The van der Waals surface area contributed by atoms with E-state index in [1.165, 1.54) is 0 Å². The Morgan fingerprint density at radius 3 is 2.62 bits per heavy atom. The van der Waals surface area contributed by atoms with Crippen molar-refractivity contribution in [1.82, 2.24) is 15.1 Å². The number of urea groups is 1. The topological polar surface area (TPSA) is 58.0 Å². The predicted octanol–water partition coefficient (Wildman–Crippen LogP) is 2.73. The number of hydrogen-bond acceptors (Lipinski definition) is 4. The molecule has 6 nitrogen and oxygen atoms in total. The van der Waals surface area contributed by atoms with E-state index in [2.05, 4.69) is 24.1 Å². The molecule has 1 fully saturated rings. The highest BCUT2D eigenvalue weighted by molar-refractivity contribution is 5.74. The molecule has 2 rings (SSSR count). The van der Waals surface area contributed by atoms with Gasteiger partial charge >= 0.3 is 6.03 Å². The Morgan fingerprint density at radius 2 is 2.04 bits per heavy atom. The lowest BCUT2D eigenvalue weighted by Gasteiger charge is -2.36. The van der Waals surface area contributed by atoms with Crippen LogP contribution in [0.5, 0.6) is 0 Å². The van der Waals surface area contributed by atoms with Gasteiger partial charge < -0.3 is 19.4 Å². The van der Waals surface area contributed by atoms with E-state index in [4.69, 9.17) is 9.15 Å². The van der Waals surface area contributed by atoms with Crippen molar-refractivity contribution in [1.29, 1.82) is 0 Å². The van der Waals surface area contributed by atoms with Crippen molar-refractivity contribution in [3.05, 3.63) is 24.2 Å². The van der Waals surface area contributed by atoms with E-state index in [0.717, 1.165) is 38.5 Å². The Hall–Kier alpha value is -1.53. The number of morpholine rings is 1. The third-order valence-electron chi connectivity index (χ3n) is 4.65. The van der Waals surface area contributed by atoms with Crippen LogP contribution in [0.25, 0.3) is 0 Å². The normalized spacial score (nSPS) is 18.4. The van der Waals surface area contributed by atoms with Crippen molar-refractivity contribution in [2.45, 2.75) is 39.3 Å². The average Bonchev–Trinajstić information content (AvgIpc) is 3.12. The van der Waals surface area contributed by atoms with Gasteiger partial charge in [0.2, 0.25) is 0 Å². The van der Waals surface area contributed by atoms with Crippen LogP contribution in [-0.4, -0.2) is 61.8 Å². The van der Waals surface area contributed by atoms with Crippen LogP contribution in [0.1, 0.15) is 39.0 Å². The van der Waals surface area contributed by atoms with Gasteiger partial charge in [-0.3, -0.25) is 4.90 Å². The minimum atomic E-state index is -0.0908. The molecule has 0 spiro atoms.